The van der Waals surface area contributed by atoms with Gasteiger partial charge in [-0.15, -0.1) is 0 Å². The number of rotatable bonds is 4. The van der Waals surface area contributed by atoms with Gasteiger partial charge in [-0.1, -0.05) is 12.1 Å². The highest BCUT2D eigenvalue weighted by Crippen LogP contribution is 2.20. The Morgan fingerprint density at radius 2 is 2.05 bits per heavy atom. The van der Waals surface area contributed by atoms with Crippen LogP contribution in [0.2, 0.25) is 0 Å². The second-order valence-electron chi connectivity index (χ2n) is 4.60. The summed E-state index contributed by atoms with van der Waals surface area (Å²) in [6, 6.07) is 10.9. The summed E-state index contributed by atoms with van der Waals surface area (Å²) >= 11 is 0. The number of carbonyl (C=O) groups is 1. The lowest BCUT2D eigenvalue weighted by Crippen LogP contribution is -2.12. The third-order valence-corrected chi connectivity index (χ3v) is 3.04. The molecule has 21 heavy (non-hydrogen) atoms. The summed E-state index contributed by atoms with van der Waals surface area (Å²) in [4.78, 5) is 12.1. The molecule has 0 radical (unpaired) electrons. The average molecular weight is 289 g/mol. The van der Waals surface area contributed by atoms with Crippen molar-refractivity contribution in [1.29, 1.82) is 0 Å². The lowest BCUT2D eigenvalue weighted by molar-refractivity contribution is 0.102. The molecule has 0 saturated carbocycles. The molecule has 1 unspecified atom stereocenters. The fourth-order valence-electron chi connectivity index (χ4n) is 1.89. The van der Waals surface area contributed by atoms with Crippen LogP contribution in [0.3, 0.4) is 0 Å². The van der Waals surface area contributed by atoms with Crippen LogP contribution in [0.5, 0.6) is 5.75 Å². The Labute approximate surface area is 122 Å². The van der Waals surface area contributed by atoms with Crippen LogP contribution in [0, 0.1) is 5.82 Å². The van der Waals surface area contributed by atoms with Gasteiger partial charge in [-0.05, 0) is 42.8 Å². The first-order chi connectivity index (χ1) is 10.0. The van der Waals surface area contributed by atoms with Crippen molar-refractivity contribution in [1.82, 2.24) is 0 Å². The number of hydrogen-bond acceptors (Lipinski definition) is 3. The zero-order chi connectivity index (χ0) is 15.4. The Morgan fingerprint density at radius 3 is 2.67 bits per heavy atom. The number of nitrogens with one attached hydrogen (secondary N) is 1. The topological polar surface area (TPSA) is 58.6 Å². The highest BCUT2D eigenvalue weighted by Gasteiger charge is 2.11. The molecule has 0 fully saturated rings. The SMILES string of the molecule is COc1ccc(C(=O)Nc2cccc(C(C)O)c2)cc1F. The lowest BCUT2D eigenvalue weighted by Gasteiger charge is -2.10. The fourth-order valence-corrected chi connectivity index (χ4v) is 1.89. The Hall–Kier alpha value is -2.40. The summed E-state index contributed by atoms with van der Waals surface area (Å²) in [5.74, 6) is -0.940. The monoisotopic (exact) mass is 289 g/mol. The van der Waals surface area contributed by atoms with Gasteiger partial charge in [0.1, 0.15) is 0 Å². The Kier molecular flexibility index (Phi) is 4.55. The van der Waals surface area contributed by atoms with E-state index in [1.165, 1.54) is 19.2 Å². The number of methoxy groups -OCH3 is 1. The zero-order valence-electron chi connectivity index (χ0n) is 11.8. The molecule has 0 spiro atoms. The first kappa shape index (κ1) is 15.0. The van der Waals surface area contributed by atoms with Gasteiger partial charge in [-0.25, -0.2) is 4.39 Å². The summed E-state index contributed by atoms with van der Waals surface area (Å²) in [5, 5.41) is 12.2. The van der Waals surface area contributed by atoms with Crippen LogP contribution in [0.1, 0.15) is 28.9 Å². The van der Waals surface area contributed by atoms with Gasteiger partial charge in [0, 0.05) is 11.3 Å². The van der Waals surface area contributed by atoms with E-state index in [1.54, 1.807) is 31.2 Å². The number of aliphatic hydroxyl groups is 1. The number of ether oxygens (including phenoxy) is 1. The average Bonchev–Trinajstić information content (AvgIpc) is 2.47. The quantitative estimate of drug-likeness (QED) is 0.909. The van der Waals surface area contributed by atoms with Gasteiger partial charge in [0.05, 0.1) is 13.2 Å². The van der Waals surface area contributed by atoms with Crippen LogP contribution in [-0.4, -0.2) is 18.1 Å². The molecule has 2 aromatic rings. The molecule has 1 amide bonds. The van der Waals surface area contributed by atoms with Crippen molar-refractivity contribution in [2.75, 3.05) is 12.4 Å². The molecule has 0 aliphatic carbocycles. The number of benzene rings is 2. The molecule has 0 aliphatic heterocycles. The highest BCUT2D eigenvalue weighted by molar-refractivity contribution is 6.04. The molecule has 0 aromatic heterocycles. The number of amides is 1. The number of halogens is 1. The lowest BCUT2D eigenvalue weighted by atomic mass is 10.1. The maximum Gasteiger partial charge on any atom is 0.255 e. The Bertz CT molecular complexity index is 656. The van der Waals surface area contributed by atoms with E-state index in [4.69, 9.17) is 4.74 Å². The van der Waals surface area contributed by atoms with Crippen LogP contribution in [0.4, 0.5) is 10.1 Å². The number of carbonyl (C=O) groups excluding carboxylic acids is 1. The predicted octanol–water partition coefficient (Wildman–Crippen LogP) is 3.14. The van der Waals surface area contributed by atoms with Gasteiger partial charge >= 0.3 is 0 Å². The third-order valence-electron chi connectivity index (χ3n) is 3.04. The van der Waals surface area contributed by atoms with Crippen molar-refractivity contribution in [3.8, 4) is 5.75 Å². The van der Waals surface area contributed by atoms with Crippen LogP contribution in [0.15, 0.2) is 42.5 Å². The molecule has 0 bridgehead atoms. The van der Waals surface area contributed by atoms with E-state index in [1.807, 2.05) is 0 Å². The fraction of sp³-hybridized carbons (Fsp3) is 0.188. The Balaban J connectivity index is 2.18. The van der Waals surface area contributed by atoms with Crippen molar-refractivity contribution < 1.29 is 19.0 Å². The van der Waals surface area contributed by atoms with Crippen molar-refractivity contribution in [2.45, 2.75) is 13.0 Å². The molecule has 2 aromatic carbocycles. The van der Waals surface area contributed by atoms with Gasteiger partial charge < -0.3 is 15.2 Å². The summed E-state index contributed by atoms with van der Waals surface area (Å²) in [7, 11) is 1.36. The number of anilines is 1. The smallest absolute Gasteiger partial charge is 0.255 e. The van der Waals surface area contributed by atoms with E-state index in [2.05, 4.69) is 5.32 Å². The first-order valence-electron chi connectivity index (χ1n) is 6.44. The van der Waals surface area contributed by atoms with E-state index in [-0.39, 0.29) is 11.3 Å². The molecule has 5 heteroatoms. The molecule has 0 saturated heterocycles. The molecule has 0 aliphatic rings. The highest BCUT2D eigenvalue weighted by atomic mass is 19.1. The van der Waals surface area contributed by atoms with Crippen molar-refractivity contribution in [2.24, 2.45) is 0 Å². The minimum atomic E-state index is -0.625. The van der Waals surface area contributed by atoms with E-state index < -0.39 is 17.8 Å². The maximum absolute atomic E-state index is 13.6. The second-order valence-corrected chi connectivity index (χ2v) is 4.60. The minimum absolute atomic E-state index is 0.0858. The molecular formula is C16H16FNO3. The molecule has 0 heterocycles. The summed E-state index contributed by atoms with van der Waals surface area (Å²) < 4.78 is 18.4. The van der Waals surface area contributed by atoms with Gasteiger partial charge in [-0.2, -0.15) is 0 Å². The molecule has 2 N–H and O–H groups in total. The maximum atomic E-state index is 13.6. The van der Waals surface area contributed by atoms with Gasteiger partial charge in [0.15, 0.2) is 11.6 Å². The second kappa shape index (κ2) is 6.37. The number of aliphatic hydroxyl groups excluding tert-OH is 1. The molecule has 4 nitrogen and oxygen atoms in total. The predicted molar refractivity (Wildman–Crippen MR) is 78.0 cm³/mol. The summed E-state index contributed by atoms with van der Waals surface area (Å²) in [6.07, 6.45) is -0.625. The Morgan fingerprint density at radius 1 is 1.29 bits per heavy atom. The molecule has 110 valence electrons. The van der Waals surface area contributed by atoms with Gasteiger partial charge in [0.2, 0.25) is 0 Å². The van der Waals surface area contributed by atoms with Crippen molar-refractivity contribution >= 4 is 11.6 Å². The third kappa shape index (κ3) is 3.58. The standard InChI is InChI=1S/C16H16FNO3/c1-10(19)11-4-3-5-13(8-11)18-16(20)12-6-7-15(21-2)14(17)9-12/h3-10,19H,1-2H3,(H,18,20). The molecular weight excluding hydrogens is 273 g/mol. The van der Waals surface area contributed by atoms with Crippen molar-refractivity contribution in [3.05, 3.63) is 59.4 Å². The van der Waals surface area contributed by atoms with Crippen molar-refractivity contribution in [3.63, 3.8) is 0 Å². The van der Waals surface area contributed by atoms with Crippen LogP contribution >= 0.6 is 0 Å². The largest absolute Gasteiger partial charge is 0.494 e. The van der Waals surface area contributed by atoms with E-state index in [0.717, 1.165) is 6.07 Å². The minimum Gasteiger partial charge on any atom is -0.494 e. The summed E-state index contributed by atoms with van der Waals surface area (Å²) in [6.45, 7) is 1.64. The van der Waals surface area contributed by atoms with E-state index in [9.17, 15) is 14.3 Å². The number of hydrogen-bond donors (Lipinski definition) is 2. The van der Waals surface area contributed by atoms with Crippen LogP contribution in [0.25, 0.3) is 0 Å². The first-order valence-corrected chi connectivity index (χ1v) is 6.44. The summed E-state index contributed by atoms with van der Waals surface area (Å²) in [5.41, 5.74) is 1.42. The van der Waals surface area contributed by atoms with Gasteiger partial charge in [0.25, 0.3) is 5.91 Å². The molecule has 2 rings (SSSR count). The van der Waals surface area contributed by atoms with Gasteiger partial charge in [-0.3, -0.25) is 4.79 Å². The zero-order valence-corrected chi connectivity index (χ0v) is 11.8. The van der Waals surface area contributed by atoms with Crippen LogP contribution in [-0.2, 0) is 0 Å². The van der Waals surface area contributed by atoms with Crippen LogP contribution < -0.4 is 10.1 Å². The normalized spacial score (nSPS) is 11.8. The van der Waals surface area contributed by atoms with E-state index >= 15 is 0 Å². The molecule has 1 atom stereocenters. The van der Waals surface area contributed by atoms with E-state index in [0.29, 0.717) is 11.3 Å².